The first-order valence-corrected chi connectivity index (χ1v) is 11.7. The largest absolute Gasteiger partial charge is 0.373 e. The van der Waals surface area contributed by atoms with Gasteiger partial charge in [-0.05, 0) is 36.8 Å². The number of piperazine rings is 1. The van der Waals surface area contributed by atoms with Crippen LogP contribution in [0.1, 0.15) is 12.5 Å². The van der Waals surface area contributed by atoms with Crippen LogP contribution in [0.2, 0.25) is 0 Å². The molecule has 10 heteroatoms. The summed E-state index contributed by atoms with van der Waals surface area (Å²) in [6.07, 6.45) is 1.38. The maximum Gasteiger partial charge on any atom is 0.326 e. The first-order valence-electron chi connectivity index (χ1n) is 11.3. The molecule has 0 amide bonds. The normalized spacial score (nSPS) is 14.7. The van der Waals surface area contributed by atoms with Gasteiger partial charge in [-0.15, -0.1) is 0 Å². The lowest BCUT2D eigenvalue weighted by Gasteiger charge is -2.36. The highest BCUT2D eigenvalue weighted by Gasteiger charge is 2.22. The zero-order valence-electron chi connectivity index (χ0n) is 19.1. The van der Waals surface area contributed by atoms with Crippen molar-refractivity contribution in [2.45, 2.75) is 20.0 Å². The summed E-state index contributed by atoms with van der Waals surface area (Å²) in [5.74, 6) is 0.303. The molecule has 0 aliphatic carbocycles. The molecule has 1 fully saturated rings. The smallest absolute Gasteiger partial charge is 0.326 e. The van der Waals surface area contributed by atoms with Crippen LogP contribution in [0.15, 0.2) is 41.5 Å². The zero-order chi connectivity index (χ0) is 23.8. The quantitative estimate of drug-likeness (QED) is 0.424. The monoisotopic (exact) mass is 479 g/mol. The van der Waals surface area contributed by atoms with Gasteiger partial charge in [-0.3, -0.25) is 9.47 Å². The third-order valence-corrected chi connectivity index (χ3v) is 6.88. The molecule has 1 aliphatic heterocycles. The van der Waals surface area contributed by atoms with E-state index in [0.717, 1.165) is 36.1 Å². The molecular weight excluding hydrogens is 453 g/mol. The Morgan fingerprint density at radius 1 is 1.12 bits per heavy atom. The third-order valence-electron chi connectivity index (χ3n) is 6.44. The summed E-state index contributed by atoms with van der Waals surface area (Å²) in [6.45, 7) is 6.22. The highest BCUT2D eigenvalue weighted by atomic mass is 32.1. The molecule has 0 unspecified atom stereocenters. The molecule has 4 aromatic rings. The number of nitrogens with zero attached hydrogens (tertiary/aromatic N) is 5. The summed E-state index contributed by atoms with van der Waals surface area (Å²) in [5.41, 5.74) is 2.58. The fourth-order valence-electron chi connectivity index (χ4n) is 4.62. The van der Waals surface area contributed by atoms with Gasteiger partial charge in [0.15, 0.2) is 5.82 Å². The zero-order valence-corrected chi connectivity index (χ0v) is 20.0. The molecule has 0 radical (unpaired) electrons. The highest BCUT2D eigenvalue weighted by Crippen LogP contribution is 2.29. The second-order valence-corrected chi connectivity index (χ2v) is 8.78. The number of anilines is 2. The molecule has 1 saturated heterocycles. The molecule has 0 saturated carbocycles. The number of halogens is 1. The van der Waals surface area contributed by atoms with Crippen LogP contribution in [0, 0.1) is 10.5 Å². The maximum atomic E-state index is 15.3. The van der Waals surface area contributed by atoms with Crippen LogP contribution in [-0.2, 0) is 13.1 Å². The van der Waals surface area contributed by atoms with Crippen molar-refractivity contribution in [1.29, 1.82) is 0 Å². The van der Waals surface area contributed by atoms with E-state index in [2.05, 4.69) is 36.1 Å². The Kier molecular flexibility index (Phi) is 6.01. The van der Waals surface area contributed by atoms with Crippen LogP contribution in [0.25, 0.3) is 21.8 Å². The van der Waals surface area contributed by atoms with E-state index in [4.69, 9.17) is 12.2 Å². The van der Waals surface area contributed by atoms with E-state index in [0.29, 0.717) is 46.7 Å². The van der Waals surface area contributed by atoms with Crippen molar-refractivity contribution in [2.24, 2.45) is 0 Å². The Morgan fingerprint density at radius 3 is 2.62 bits per heavy atom. The Hall–Kier alpha value is -3.37. The number of hydrogen-bond acceptors (Lipinski definition) is 7. The third kappa shape index (κ3) is 3.92. The summed E-state index contributed by atoms with van der Waals surface area (Å²) in [6, 6.07) is 9.73. The molecule has 0 atom stereocenters. The number of aromatic amines is 1. The minimum absolute atomic E-state index is 0.185. The number of aromatic nitrogens is 4. The maximum absolute atomic E-state index is 15.3. The van der Waals surface area contributed by atoms with Crippen LogP contribution in [0.3, 0.4) is 0 Å². The van der Waals surface area contributed by atoms with Gasteiger partial charge in [0.05, 0.1) is 11.2 Å². The van der Waals surface area contributed by atoms with Crippen molar-refractivity contribution in [3.05, 3.63) is 63.2 Å². The van der Waals surface area contributed by atoms with Crippen molar-refractivity contribution in [2.75, 3.05) is 43.4 Å². The summed E-state index contributed by atoms with van der Waals surface area (Å²) in [4.78, 5) is 28.0. The molecule has 2 N–H and O–H groups in total. The van der Waals surface area contributed by atoms with E-state index in [1.807, 2.05) is 31.2 Å². The Morgan fingerprint density at radius 2 is 1.88 bits per heavy atom. The molecule has 0 spiro atoms. The lowest BCUT2D eigenvalue weighted by atomic mass is 10.1. The van der Waals surface area contributed by atoms with Gasteiger partial charge in [-0.25, -0.2) is 19.2 Å². The number of hydrogen-bond donors (Lipinski definition) is 2. The van der Waals surface area contributed by atoms with E-state index in [-0.39, 0.29) is 11.5 Å². The van der Waals surface area contributed by atoms with Crippen LogP contribution in [-0.4, -0.2) is 57.6 Å². The molecule has 2 aromatic heterocycles. The highest BCUT2D eigenvalue weighted by molar-refractivity contribution is 7.71. The van der Waals surface area contributed by atoms with E-state index in [1.54, 1.807) is 11.6 Å². The van der Waals surface area contributed by atoms with Gasteiger partial charge < -0.3 is 15.2 Å². The van der Waals surface area contributed by atoms with Gasteiger partial charge in [-0.1, -0.05) is 18.3 Å². The average Bonchev–Trinajstić information content (AvgIpc) is 2.85. The molecule has 3 heterocycles. The SMILES string of the molecule is CCn1c(=O)[nH]c2cc(CN3CCN(c4ccc5c(NC)ncnc5c4F)CC3)ccc2c1=S. The van der Waals surface area contributed by atoms with Gasteiger partial charge in [0.2, 0.25) is 0 Å². The molecule has 176 valence electrons. The summed E-state index contributed by atoms with van der Waals surface area (Å²) in [7, 11) is 1.76. The number of H-pyrrole nitrogens is 1. The summed E-state index contributed by atoms with van der Waals surface area (Å²) in [5, 5.41) is 4.53. The van der Waals surface area contributed by atoms with Gasteiger partial charge in [0.25, 0.3) is 0 Å². The summed E-state index contributed by atoms with van der Waals surface area (Å²) >= 11 is 5.48. The number of fused-ring (bicyclic) bond motifs is 2. The van der Waals surface area contributed by atoms with Crippen LogP contribution < -0.4 is 15.9 Å². The lowest BCUT2D eigenvalue weighted by molar-refractivity contribution is 0.249. The van der Waals surface area contributed by atoms with E-state index in [9.17, 15) is 4.79 Å². The number of rotatable bonds is 5. The van der Waals surface area contributed by atoms with Crippen molar-refractivity contribution in [3.8, 4) is 0 Å². The molecule has 0 bridgehead atoms. The van der Waals surface area contributed by atoms with Crippen molar-refractivity contribution in [3.63, 3.8) is 0 Å². The second kappa shape index (κ2) is 9.11. The molecule has 1 aliphatic rings. The standard InChI is InChI=1S/C24H26FN7OS/c1-3-32-23(34)16-5-4-15(12-18(16)29-24(32)33)13-30-8-10-31(11-9-30)19-7-6-17-21(20(19)25)27-14-28-22(17)26-2/h4-7,12,14H,3,8-11,13H2,1-2H3,(H,29,33)(H,26,27,28). The lowest BCUT2D eigenvalue weighted by Crippen LogP contribution is -2.46. The Bertz CT molecular complexity index is 1490. The molecule has 2 aromatic carbocycles. The number of benzene rings is 2. The molecular formula is C24H26FN7OS. The Balaban J connectivity index is 1.31. The Labute approximate surface area is 201 Å². The fourth-order valence-corrected chi connectivity index (χ4v) is 5.01. The van der Waals surface area contributed by atoms with Crippen molar-refractivity contribution in [1.82, 2.24) is 24.4 Å². The second-order valence-electron chi connectivity index (χ2n) is 8.39. The minimum atomic E-state index is -0.313. The average molecular weight is 480 g/mol. The van der Waals surface area contributed by atoms with Crippen LogP contribution in [0.5, 0.6) is 0 Å². The first-order chi connectivity index (χ1) is 16.5. The summed E-state index contributed by atoms with van der Waals surface area (Å²) < 4.78 is 17.4. The molecule has 34 heavy (non-hydrogen) atoms. The minimum Gasteiger partial charge on any atom is -0.373 e. The van der Waals surface area contributed by atoms with E-state index >= 15 is 4.39 Å². The predicted octanol–water partition coefficient (Wildman–Crippen LogP) is 3.53. The topological polar surface area (TPSA) is 82.1 Å². The number of nitrogens with one attached hydrogen (secondary N) is 2. The van der Waals surface area contributed by atoms with E-state index < -0.39 is 0 Å². The molecule has 5 rings (SSSR count). The van der Waals surface area contributed by atoms with Gasteiger partial charge in [0.1, 0.15) is 22.3 Å². The molecule has 8 nitrogen and oxygen atoms in total. The predicted molar refractivity (Wildman–Crippen MR) is 136 cm³/mol. The van der Waals surface area contributed by atoms with Gasteiger partial charge in [0, 0.05) is 57.1 Å². The van der Waals surface area contributed by atoms with Crippen LogP contribution >= 0.6 is 12.2 Å². The van der Waals surface area contributed by atoms with Gasteiger partial charge >= 0.3 is 5.69 Å². The van der Waals surface area contributed by atoms with Crippen molar-refractivity contribution < 1.29 is 4.39 Å². The van der Waals surface area contributed by atoms with Gasteiger partial charge in [-0.2, -0.15) is 0 Å². The first kappa shape index (κ1) is 22.4. The van der Waals surface area contributed by atoms with E-state index in [1.165, 1.54) is 6.33 Å². The van der Waals surface area contributed by atoms with Crippen LogP contribution in [0.4, 0.5) is 15.9 Å². The van der Waals surface area contributed by atoms with Crippen molar-refractivity contribution >= 4 is 45.5 Å². The fraction of sp³-hybridized carbons (Fsp3) is 0.333.